The Hall–Kier alpha value is -2.55. The summed E-state index contributed by atoms with van der Waals surface area (Å²) < 4.78 is 11.7. The molecule has 2 aliphatic rings. The highest BCUT2D eigenvalue weighted by molar-refractivity contribution is 5.95. The molecule has 3 heteroatoms. The maximum atomic E-state index is 12.1. The Morgan fingerprint density at radius 3 is 2.60 bits per heavy atom. The molecule has 20 heavy (non-hydrogen) atoms. The van der Waals surface area contributed by atoms with Gasteiger partial charge in [-0.2, -0.15) is 0 Å². The van der Waals surface area contributed by atoms with E-state index in [2.05, 4.69) is 0 Å². The molecule has 3 nitrogen and oxygen atoms in total. The summed E-state index contributed by atoms with van der Waals surface area (Å²) in [7, 11) is 0. The zero-order valence-electron chi connectivity index (χ0n) is 10.9. The van der Waals surface area contributed by atoms with E-state index in [0.717, 1.165) is 22.4 Å². The number of rotatable bonds is 0. The van der Waals surface area contributed by atoms with Crippen molar-refractivity contribution in [1.82, 2.24) is 0 Å². The number of hydrogen-bond donors (Lipinski definition) is 0. The lowest BCUT2D eigenvalue weighted by Crippen LogP contribution is -2.36. The van der Waals surface area contributed by atoms with Crippen LogP contribution in [0.3, 0.4) is 0 Å². The number of carbonyl (C=O) groups excluding carboxylic acids is 1. The molecule has 2 aliphatic heterocycles. The van der Waals surface area contributed by atoms with Crippen LogP contribution in [0.4, 0.5) is 0 Å². The number of fused-ring (bicyclic) bond motifs is 3. The first-order chi connectivity index (χ1) is 9.71. The molecular weight excluding hydrogens is 252 g/mol. The van der Waals surface area contributed by atoms with Crippen LogP contribution in [-0.4, -0.2) is 5.97 Å². The Kier molecular flexibility index (Phi) is 2.11. The molecule has 2 heterocycles. The molecule has 0 fully saturated rings. The highest BCUT2D eigenvalue weighted by atomic mass is 16.7. The molecule has 98 valence electrons. The summed E-state index contributed by atoms with van der Waals surface area (Å²) in [5, 5.41) is 0. The predicted molar refractivity (Wildman–Crippen MR) is 74.3 cm³/mol. The molecule has 1 spiro atoms. The van der Waals surface area contributed by atoms with Gasteiger partial charge in [0.1, 0.15) is 5.75 Å². The van der Waals surface area contributed by atoms with Gasteiger partial charge < -0.3 is 9.47 Å². The molecular formula is C17H12O3. The zero-order chi connectivity index (χ0) is 13.7. The van der Waals surface area contributed by atoms with Gasteiger partial charge in [-0.15, -0.1) is 0 Å². The molecule has 1 atom stereocenters. The smallest absolute Gasteiger partial charge is 0.342 e. The molecule has 0 bridgehead atoms. The van der Waals surface area contributed by atoms with Crippen LogP contribution in [0.5, 0.6) is 5.75 Å². The van der Waals surface area contributed by atoms with Crippen molar-refractivity contribution in [3.8, 4) is 5.75 Å². The van der Waals surface area contributed by atoms with E-state index in [-0.39, 0.29) is 5.97 Å². The fourth-order valence-electron chi connectivity index (χ4n) is 2.81. The molecule has 2 aromatic rings. The fraction of sp³-hybridized carbons (Fsp3) is 0.118. The second kappa shape index (κ2) is 3.73. The third kappa shape index (κ3) is 1.32. The summed E-state index contributed by atoms with van der Waals surface area (Å²) in [5.74, 6) is -0.725. The van der Waals surface area contributed by atoms with Crippen molar-refractivity contribution in [3.05, 3.63) is 70.8 Å². The normalized spacial score (nSPS) is 22.6. The van der Waals surface area contributed by atoms with Crippen molar-refractivity contribution >= 4 is 12.0 Å². The van der Waals surface area contributed by atoms with E-state index in [1.807, 2.05) is 55.5 Å². The quantitative estimate of drug-likeness (QED) is 0.683. The highest BCUT2D eigenvalue weighted by Gasteiger charge is 2.51. The molecule has 4 rings (SSSR count). The van der Waals surface area contributed by atoms with E-state index in [9.17, 15) is 4.79 Å². The third-order valence-corrected chi connectivity index (χ3v) is 3.80. The van der Waals surface area contributed by atoms with Gasteiger partial charge in [0.25, 0.3) is 0 Å². The van der Waals surface area contributed by atoms with Crippen molar-refractivity contribution in [1.29, 1.82) is 0 Å². The van der Waals surface area contributed by atoms with Crippen LogP contribution in [-0.2, 0) is 10.5 Å². The van der Waals surface area contributed by atoms with Crippen molar-refractivity contribution in [2.75, 3.05) is 0 Å². The molecule has 0 aromatic heterocycles. The van der Waals surface area contributed by atoms with Crippen LogP contribution in [0.1, 0.15) is 28.4 Å². The molecule has 2 aromatic carbocycles. The van der Waals surface area contributed by atoms with E-state index in [1.165, 1.54) is 0 Å². The first-order valence-corrected chi connectivity index (χ1v) is 6.50. The molecule has 0 radical (unpaired) electrons. The van der Waals surface area contributed by atoms with Crippen LogP contribution in [0, 0.1) is 0 Å². The number of benzene rings is 2. The lowest BCUT2D eigenvalue weighted by molar-refractivity contribution is -0.112. The fourth-order valence-corrected chi connectivity index (χ4v) is 2.81. The summed E-state index contributed by atoms with van der Waals surface area (Å²) in [6, 6.07) is 15.1. The van der Waals surface area contributed by atoms with Crippen molar-refractivity contribution < 1.29 is 14.3 Å². The summed E-state index contributed by atoms with van der Waals surface area (Å²) >= 11 is 0. The Balaban J connectivity index is 1.95. The second-order valence-corrected chi connectivity index (χ2v) is 5.02. The van der Waals surface area contributed by atoms with E-state index in [0.29, 0.717) is 5.56 Å². The second-order valence-electron chi connectivity index (χ2n) is 5.02. The Labute approximate surface area is 116 Å². The minimum absolute atomic E-state index is 0.340. The molecule has 0 N–H and O–H groups in total. The molecule has 0 amide bonds. The summed E-state index contributed by atoms with van der Waals surface area (Å²) in [4.78, 5) is 12.1. The molecule has 1 unspecified atom stereocenters. The zero-order valence-corrected chi connectivity index (χ0v) is 10.9. The molecule has 0 saturated heterocycles. The Morgan fingerprint density at radius 2 is 1.70 bits per heavy atom. The first kappa shape index (κ1) is 11.3. The van der Waals surface area contributed by atoms with Crippen LogP contribution >= 0.6 is 0 Å². The first-order valence-electron chi connectivity index (χ1n) is 6.50. The SMILES string of the molecule is CC1=Cc2ccccc2OC12OC(=O)c1ccccc12. The van der Waals surface area contributed by atoms with Gasteiger partial charge in [0.2, 0.25) is 0 Å². The lowest BCUT2D eigenvalue weighted by Gasteiger charge is -2.34. The molecule has 0 aliphatic carbocycles. The van der Waals surface area contributed by atoms with Gasteiger partial charge in [-0.25, -0.2) is 4.79 Å². The van der Waals surface area contributed by atoms with E-state index >= 15 is 0 Å². The van der Waals surface area contributed by atoms with Crippen molar-refractivity contribution in [2.24, 2.45) is 0 Å². The average Bonchev–Trinajstić information content (AvgIpc) is 2.75. The summed E-state index contributed by atoms with van der Waals surface area (Å²) in [5.41, 5.74) is 3.21. The summed E-state index contributed by atoms with van der Waals surface area (Å²) in [6.07, 6.45) is 2.01. The maximum absolute atomic E-state index is 12.1. The van der Waals surface area contributed by atoms with E-state index in [1.54, 1.807) is 6.07 Å². The minimum Gasteiger partial charge on any atom is -0.444 e. The van der Waals surface area contributed by atoms with Gasteiger partial charge in [0.05, 0.1) is 11.1 Å². The summed E-state index contributed by atoms with van der Waals surface area (Å²) in [6.45, 7) is 1.92. The van der Waals surface area contributed by atoms with Crippen molar-refractivity contribution in [3.63, 3.8) is 0 Å². The van der Waals surface area contributed by atoms with E-state index in [4.69, 9.17) is 9.47 Å². The van der Waals surface area contributed by atoms with Gasteiger partial charge in [0.15, 0.2) is 0 Å². The lowest BCUT2D eigenvalue weighted by atomic mass is 9.92. The van der Waals surface area contributed by atoms with Gasteiger partial charge in [-0.1, -0.05) is 30.3 Å². The monoisotopic (exact) mass is 264 g/mol. The van der Waals surface area contributed by atoms with Gasteiger partial charge in [0, 0.05) is 11.1 Å². The van der Waals surface area contributed by atoms with Crippen LogP contribution in [0.25, 0.3) is 6.08 Å². The predicted octanol–water partition coefficient (Wildman–Crippen LogP) is 3.51. The Morgan fingerprint density at radius 1 is 0.950 bits per heavy atom. The average molecular weight is 264 g/mol. The third-order valence-electron chi connectivity index (χ3n) is 3.80. The number of ether oxygens (including phenoxy) is 2. The van der Waals surface area contributed by atoms with Gasteiger partial charge in [-0.05, 0) is 31.2 Å². The maximum Gasteiger partial charge on any atom is 0.342 e. The largest absolute Gasteiger partial charge is 0.444 e. The van der Waals surface area contributed by atoms with E-state index < -0.39 is 5.79 Å². The van der Waals surface area contributed by atoms with Gasteiger partial charge in [-0.3, -0.25) is 0 Å². The van der Waals surface area contributed by atoms with Gasteiger partial charge >= 0.3 is 11.8 Å². The number of carbonyl (C=O) groups is 1. The number of para-hydroxylation sites is 1. The number of esters is 1. The standard InChI is InChI=1S/C17H12O3/c1-11-10-12-6-2-5-9-15(12)19-17(11)14-8-4-3-7-13(14)16(18)20-17/h2-10H,1H3. The topological polar surface area (TPSA) is 35.5 Å². The van der Waals surface area contributed by atoms with Crippen LogP contribution < -0.4 is 4.74 Å². The van der Waals surface area contributed by atoms with Crippen LogP contribution in [0.2, 0.25) is 0 Å². The highest BCUT2D eigenvalue weighted by Crippen LogP contribution is 2.47. The Bertz CT molecular complexity index is 760. The van der Waals surface area contributed by atoms with Crippen molar-refractivity contribution in [2.45, 2.75) is 12.7 Å². The number of hydrogen-bond acceptors (Lipinski definition) is 3. The van der Waals surface area contributed by atoms with Crippen LogP contribution in [0.15, 0.2) is 54.1 Å². The minimum atomic E-state index is -1.11. The molecule has 0 saturated carbocycles.